The van der Waals surface area contributed by atoms with Gasteiger partial charge in [-0.25, -0.2) is 4.79 Å². The van der Waals surface area contributed by atoms with Gasteiger partial charge < -0.3 is 65.4 Å². The minimum Gasteiger partial charge on any atom is -0.444 e. The molecular formula is C30H54N2O13. The number of carbonyl (C=O) groups is 2. The smallest absolute Gasteiger partial charge is 0.407 e. The Morgan fingerprint density at radius 3 is 2.16 bits per heavy atom. The lowest BCUT2D eigenvalue weighted by Crippen LogP contribution is -2.65. The molecule has 15 heteroatoms. The van der Waals surface area contributed by atoms with Crippen molar-refractivity contribution in [1.82, 2.24) is 5.32 Å². The molecule has 2 saturated heterocycles. The third kappa shape index (κ3) is 9.76. The van der Waals surface area contributed by atoms with Gasteiger partial charge in [-0.15, -0.1) is 0 Å². The third-order valence-electron chi connectivity index (χ3n) is 8.79. The van der Waals surface area contributed by atoms with Crippen LogP contribution in [0.2, 0.25) is 0 Å². The summed E-state index contributed by atoms with van der Waals surface area (Å²) in [5.41, 5.74) is 5.20. The molecule has 15 atom stereocenters. The number of nitrogens with two attached hydrogens (primary N) is 1. The molecule has 1 aliphatic carbocycles. The quantitative estimate of drug-likeness (QED) is 0.133. The molecule has 3 fully saturated rings. The van der Waals surface area contributed by atoms with Crippen LogP contribution >= 0.6 is 0 Å². The van der Waals surface area contributed by atoms with Crippen LogP contribution in [0.1, 0.15) is 67.2 Å². The summed E-state index contributed by atoms with van der Waals surface area (Å²) in [6, 6.07) is -1.23. The lowest BCUT2D eigenvalue weighted by molar-refractivity contribution is -0.326. The number of aliphatic hydroxyl groups is 6. The van der Waals surface area contributed by atoms with Crippen LogP contribution < -0.4 is 11.1 Å². The molecule has 0 aromatic heterocycles. The topological polar surface area (TPSA) is 240 Å². The van der Waals surface area contributed by atoms with Crippen molar-refractivity contribution in [2.24, 2.45) is 23.5 Å². The zero-order valence-electron chi connectivity index (χ0n) is 27.0. The number of amides is 1. The van der Waals surface area contributed by atoms with Gasteiger partial charge in [0.1, 0.15) is 36.1 Å². The van der Waals surface area contributed by atoms with Crippen molar-refractivity contribution in [3.05, 3.63) is 0 Å². The first-order valence-electron chi connectivity index (χ1n) is 15.8. The fourth-order valence-corrected chi connectivity index (χ4v) is 6.27. The molecule has 1 saturated carbocycles. The van der Waals surface area contributed by atoms with E-state index in [1.54, 1.807) is 20.8 Å². The highest BCUT2D eigenvalue weighted by Gasteiger charge is 2.51. The molecule has 3 aliphatic rings. The maximum atomic E-state index is 13.1. The van der Waals surface area contributed by atoms with E-state index < -0.39 is 110 Å². The second-order valence-electron chi connectivity index (χ2n) is 13.7. The monoisotopic (exact) mass is 650 g/mol. The van der Waals surface area contributed by atoms with E-state index in [0.29, 0.717) is 12.8 Å². The number of alkyl carbamates (subject to hydrolysis) is 1. The molecule has 3 rings (SSSR count). The highest BCUT2D eigenvalue weighted by Crippen LogP contribution is 2.40. The Hall–Kier alpha value is -1.50. The van der Waals surface area contributed by atoms with E-state index in [4.69, 9.17) is 29.4 Å². The van der Waals surface area contributed by atoms with Crippen molar-refractivity contribution in [3.8, 4) is 0 Å². The van der Waals surface area contributed by atoms with Crippen molar-refractivity contribution in [3.63, 3.8) is 0 Å². The predicted molar refractivity (Wildman–Crippen MR) is 157 cm³/mol. The Morgan fingerprint density at radius 2 is 1.56 bits per heavy atom. The molecule has 15 nitrogen and oxygen atoms in total. The molecule has 0 spiro atoms. The van der Waals surface area contributed by atoms with Gasteiger partial charge in [-0.05, 0) is 51.9 Å². The molecule has 0 radical (unpaired) electrons. The van der Waals surface area contributed by atoms with Crippen LogP contribution in [-0.2, 0) is 28.5 Å². The van der Waals surface area contributed by atoms with Crippen LogP contribution in [0.25, 0.3) is 0 Å². The van der Waals surface area contributed by atoms with Crippen LogP contribution in [0.15, 0.2) is 0 Å². The number of hydrogen-bond acceptors (Lipinski definition) is 14. The molecular weight excluding hydrogens is 596 g/mol. The summed E-state index contributed by atoms with van der Waals surface area (Å²) in [6.45, 7) is 9.62. The summed E-state index contributed by atoms with van der Waals surface area (Å²) in [6.07, 6.45) is -12.2. The molecule has 2 heterocycles. The Morgan fingerprint density at radius 1 is 0.933 bits per heavy atom. The molecule has 262 valence electrons. The zero-order valence-corrected chi connectivity index (χ0v) is 27.0. The van der Waals surface area contributed by atoms with Gasteiger partial charge in [-0.1, -0.05) is 20.8 Å². The molecule has 9 N–H and O–H groups in total. The van der Waals surface area contributed by atoms with Crippen molar-refractivity contribution in [1.29, 1.82) is 0 Å². The normalized spacial score (nSPS) is 41.7. The van der Waals surface area contributed by atoms with Crippen LogP contribution in [0.5, 0.6) is 0 Å². The van der Waals surface area contributed by atoms with Crippen LogP contribution in [-0.4, -0.2) is 135 Å². The molecule has 1 amide bonds. The fraction of sp³-hybridized carbons (Fsp3) is 0.933. The van der Waals surface area contributed by atoms with Gasteiger partial charge >= 0.3 is 6.09 Å². The van der Waals surface area contributed by atoms with Crippen molar-refractivity contribution < 1.29 is 63.9 Å². The minimum absolute atomic E-state index is 0.193. The highest BCUT2D eigenvalue weighted by molar-refractivity contribution is 5.84. The summed E-state index contributed by atoms with van der Waals surface area (Å²) < 4.78 is 29.2. The second-order valence-corrected chi connectivity index (χ2v) is 13.7. The summed E-state index contributed by atoms with van der Waals surface area (Å²) in [5, 5.41) is 65.7. The third-order valence-corrected chi connectivity index (χ3v) is 8.79. The first kappa shape index (κ1) is 38.0. The lowest BCUT2D eigenvalue weighted by atomic mass is 9.74. The molecule has 2 aliphatic heterocycles. The van der Waals surface area contributed by atoms with Gasteiger partial charge in [0.15, 0.2) is 18.4 Å². The number of carbonyl (C=O) groups excluding carboxylic acids is 2. The van der Waals surface area contributed by atoms with Crippen molar-refractivity contribution in [2.75, 3.05) is 13.2 Å². The average Bonchev–Trinajstić information content (AvgIpc) is 2.95. The standard InChI is InChI=1S/C30H54N2O13/c1-7-19-17(35)9-14(3)27(41-19)43-25-13(2)8-15(10-16(34)18(36)11-32-29(40)45-30(4,5)6)26(24(25)39)44-28-23(38)21(31)22(37)20(12-33)42-28/h13-15,17-28,33,35-39H,7-12,31H2,1-6H3,(H,32,40)/t13-,14+,15-,17-,18-,19+,20+,21-,22+,23+,24-,25?,26-,27+,28+/m0/s1. The van der Waals surface area contributed by atoms with Gasteiger partial charge in [0, 0.05) is 12.3 Å². The minimum atomic E-state index is -1.58. The van der Waals surface area contributed by atoms with Crippen LogP contribution in [0.4, 0.5) is 4.79 Å². The molecule has 0 aromatic carbocycles. The Balaban J connectivity index is 1.79. The van der Waals surface area contributed by atoms with Gasteiger partial charge in [-0.2, -0.15) is 0 Å². The van der Waals surface area contributed by atoms with Crippen molar-refractivity contribution in [2.45, 2.75) is 146 Å². The summed E-state index contributed by atoms with van der Waals surface area (Å²) >= 11 is 0. The van der Waals surface area contributed by atoms with Gasteiger partial charge in [0.05, 0.1) is 43.6 Å². The van der Waals surface area contributed by atoms with E-state index >= 15 is 0 Å². The number of nitrogens with one attached hydrogen (secondary N) is 1. The van der Waals surface area contributed by atoms with E-state index in [2.05, 4.69) is 5.32 Å². The van der Waals surface area contributed by atoms with Gasteiger partial charge in [0.25, 0.3) is 0 Å². The zero-order chi connectivity index (χ0) is 33.8. The molecule has 0 aromatic rings. The maximum Gasteiger partial charge on any atom is 0.407 e. The molecule has 1 unspecified atom stereocenters. The van der Waals surface area contributed by atoms with E-state index in [1.807, 2.05) is 20.8 Å². The summed E-state index contributed by atoms with van der Waals surface area (Å²) in [7, 11) is 0. The van der Waals surface area contributed by atoms with E-state index in [0.717, 1.165) is 0 Å². The SMILES string of the molecule is CC[C@H]1O[C@H](OC2[C@@H](C)C[C@@H](CC(=O)[C@@H](O)CNC(=O)OC(C)(C)C)[C@H](O[C@H]3O[C@H](CO)[C@@H](O)[C@H](N)[C@H]3O)[C@H]2O)[C@H](C)C[C@@H]1O. The second kappa shape index (κ2) is 16.1. The van der Waals surface area contributed by atoms with E-state index in [9.17, 15) is 40.2 Å². The lowest BCUT2D eigenvalue weighted by Gasteiger charge is -2.49. The fourth-order valence-electron chi connectivity index (χ4n) is 6.27. The highest BCUT2D eigenvalue weighted by atomic mass is 16.7. The first-order chi connectivity index (χ1) is 21.0. The Bertz CT molecular complexity index is 965. The largest absolute Gasteiger partial charge is 0.444 e. The number of ketones is 1. The summed E-state index contributed by atoms with van der Waals surface area (Å²) in [5.74, 6) is -1.86. The maximum absolute atomic E-state index is 13.1. The van der Waals surface area contributed by atoms with Crippen molar-refractivity contribution >= 4 is 11.9 Å². The Labute approximate surface area is 264 Å². The van der Waals surface area contributed by atoms with Gasteiger partial charge in [-0.3, -0.25) is 4.79 Å². The number of aliphatic hydroxyl groups excluding tert-OH is 6. The van der Waals surface area contributed by atoms with Crippen LogP contribution in [0.3, 0.4) is 0 Å². The number of Topliss-reactive ketones (excluding diaryl/α,β-unsaturated/α-hetero) is 1. The average molecular weight is 651 g/mol. The molecule has 0 bridgehead atoms. The molecule has 45 heavy (non-hydrogen) atoms. The summed E-state index contributed by atoms with van der Waals surface area (Å²) in [4.78, 5) is 25.2. The van der Waals surface area contributed by atoms with E-state index in [-0.39, 0.29) is 24.7 Å². The number of rotatable bonds is 11. The first-order valence-corrected chi connectivity index (χ1v) is 15.8. The number of ether oxygens (including phenoxy) is 5. The predicted octanol–water partition coefficient (Wildman–Crippen LogP) is -1.09. The van der Waals surface area contributed by atoms with Crippen LogP contribution in [0, 0.1) is 17.8 Å². The Kier molecular flexibility index (Phi) is 13.5. The number of hydrogen-bond donors (Lipinski definition) is 8. The van der Waals surface area contributed by atoms with E-state index in [1.165, 1.54) is 0 Å². The van der Waals surface area contributed by atoms with Gasteiger partial charge in [0.2, 0.25) is 0 Å².